The zero-order valence-electron chi connectivity index (χ0n) is 17.8. The van der Waals surface area contributed by atoms with Crippen molar-refractivity contribution in [3.8, 4) is 16.9 Å². The van der Waals surface area contributed by atoms with Crippen LogP contribution in [0.2, 0.25) is 0 Å². The van der Waals surface area contributed by atoms with E-state index in [-0.39, 0.29) is 6.10 Å². The summed E-state index contributed by atoms with van der Waals surface area (Å²) in [7, 11) is 0. The Morgan fingerprint density at radius 3 is 1.86 bits per heavy atom. The van der Waals surface area contributed by atoms with Crippen LogP contribution < -0.4 is 4.74 Å². The summed E-state index contributed by atoms with van der Waals surface area (Å²) in [5.41, 5.74) is 3.70. The number of hydrogen-bond donors (Lipinski definition) is 1. The van der Waals surface area contributed by atoms with Crippen LogP contribution in [-0.2, 0) is 6.42 Å². The summed E-state index contributed by atoms with van der Waals surface area (Å²) < 4.78 is 5.89. The van der Waals surface area contributed by atoms with Crippen molar-refractivity contribution in [3.63, 3.8) is 0 Å². The molecule has 2 aromatic carbocycles. The van der Waals surface area contributed by atoms with Crippen LogP contribution in [0.1, 0.15) is 77.2 Å². The fraction of sp³-hybridized carbons (Fsp3) is 0.538. The quantitative estimate of drug-likeness (QED) is 0.350. The number of benzene rings is 2. The van der Waals surface area contributed by atoms with E-state index in [1.54, 1.807) is 0 Å². The topological polar surface area (TPSA) is 29.5 Å². The van der Waals surface area contributed by atoms with Gasteiger partial charge in [-0.2, -0.15) is 0 Å². The van der Waals surface area contributed by atoms with E-state index in [0.29, 0.717) is 0 Å². The van der Waals surface area contributed by atoms with E-state index >= 15 is 0 Å². The average molecular weight is 383 g/mol. The first-order valence-electron chi connectivity index (χ1n) is 11.2. The summed E-state index contributed by atoms with van der Waals surface area (Å²) in [6.45, 7) is 4.92. The first-order valence-corrected chi connectivity index (χ1v) is 11.2. The zero-order chi connectivity index (χ0) is 20.0. The number of unbranched alkanes of at least 4 members (excludes halogenated alkanes) is 7. The summed E-state index contributed by atoms with van der Waals surface area (Å²) >= 11 is 0. The minimum atomic E-state index is -0.238. The maximum atomic E-state index is 9.40. The maximum absolute atomic E-state index is 9.40. The Balaban J connectivity index is 1.67. The van der Waals surface area contributed by atoms with E-state index in [2.05, 4.69) is 55.5 Å². The maximum Gasteiger partial charge on any atom is 0.119 e. The van der Waals surface area contributed by atoms with E-state index in [0.717, 1.165) is 31.6 Å². The molecular formula is C26H38O2. The molecule has 154 valence electrons. The van der Waals surface area contributed by atoms with Gasteiger partial charge in [0.1, 0.15) is 5.75 Å². The molecule has 2 aromatic rings. The van der Waals surface area contributed by atoms with Gasteiger partial charge in [-0.25, -0.2) is 0 Å². The summed E-state index contributed by atoms with van der Waals surface area (Å²) in [5.74, 6) is 0.959. The molecule has 0 aliphatic rings. The van der Waals surface area contributed by atoms with Crippen molar-refractivity contribution in [2.45, 2.75) is 84.2 Å². The van der Waals surface area contributed by atoms with Crippen molar-refractivity contribution in [2.24, 2.45) is 0 Å². The fourth-order valence-electron chi connectivity index (χ4n) is 3.41. The molecule has 0 spiro atoms. The van der Waals surface area contributed by atoms with Gasteiger partial charge in [0.25, 0.3) is 0 Å². The Morgan fingerprint density at radius 2 is 1.29 bits per heavy atom. The third-order valence-corrected chi connectivity index (χ3v) is 5.26. The first kappa shape index (κ1) is 22.5. The third-order valence-electron chi connectivity index (χ3n) is 5.26. The lowest BCUT2D eigenvalue weighted by Crippen LogP contribution is -2.01. The van der Waals surface area contributed by atoms with Gasteiger partial charge < -0.3 is 9.84 Å². The molecule has 0 radical (unpaired) electrons. The van der Waals surface area contributed by atoms with Gasteiger partial charge in [-0.3, -0.25) is 0 Å². The van der Waals surface area contributed by atoms with Gasteiger partial charge in [-0.05, 0) is 55.0 Å². The summed E-state index contributed by atoms with van der Waals surface area (Å²) in [6.07, 6.45) is 12.1. The molecule has 1 unspecified atom stereocenters. The second-order valence-electron chi connectivity index (χ2n) is 7.93. The smallest absolute Gasteiger partial charge is 0.119 e. The molecule has 1 atom stereocenters. The Morgan fingerprint density at radius 1 is 0.750 bits per heavy atom. The molecule has 2 nitrogen and oxygen atoms in total. The van der Waals surface area contributed by atoms with E-state index in [4.69, 9.17) is 4.74 Å². The number of rotatable bonds is 14. The molecule has 0 amide bonds. The standard InChI is InChI=1S/C26H38O2/c1-3-4-5-6-7-8-9-10-21-28-26-19-17-25(18-20-26)24-15-13-23(14-16-24)12-11-22(2)27/h13-20,22,27H,3-12,21H2,1-2H3. The number of hydrogen-bond acceptors (Lipinski definition) is 2. The normalized spacial score (nSPS) is 12.1. The largest absolute Gasteiger partial charge is 0.494 e. The van der Waals surface area contributed by atoms with Crippen LogP contribution in [0.15, 0.2) is 48.5 Å². The second kappa shape index (κ2) is 13.4. The fourth-order valence-corrected chi connectivity index (χ4v) is 3.41. The molecule has 1 N–H and O–H groups in total. The lowest BCUT2D eigenvalue weighted by Gasteiger charge is -2.09. The van der Waals surface area contributed by atoms with Crippen LogP contribution in [0.3, 0.4) is 0 Å². The van der Waals surface area contributed by atoms with Gasteiger partial charge in [-0.15, -0.1) is 0 Å². The molecule has 0 fully saturated rings. The van der Waals surface area contributed by atoms with Crippen LogP contribution >= 0.6 is 0 Å². The highest BCUT2D eigenvalue weighted by Gasteiger charge is 2.02. The van der Waals surface area contributed by atoms with Gasteiger partial charge >= 0.3 is 0 Å². The molecule has 0 bridgehead atoms. The van der Waals surface area contributed by atoms with Gasteiger partial charge in [0.15, 0.2) is 0 Å². The average Bonchev–Trinajstić information content (AvgIpc) is 2.72. The Labute approximate surface area is 172 Å². The van der Waals surface area contributed by atoms with Gasteiger partial charge in [0, 0.05) is 0 Å². The van der Waals surface area contributed by atoms with Gasteiger partial charge in [0.05, 0.1) is 12.7 Å². The molecular weight excluding hydrogens is 344 g/mol. The third kappa shape index (κ3) is 8.93. The van der Waals surface area contributed by atoms with E-state index in [9.17, 15) is 5.11 Å². The number of ether oxygens (including phenoxy) is 1. The molecule has 0 aliphatic heterocycles. The lowest BCUT2D eigenvalue weighted by atomic mass is 10.0. The molecule has 0 heterocycles. The number of aryl methyl sites for hydroxylation is 1. The van der Waals surface area contributed by atoms with Crippen molar-refractivity contribution in [1.82, 2.24) is 0 Å². The van der Waals surface area contributed by atoms with Crippen molar-refractivity contribution >= 4 is 0 Å². The van der Waals surface area contributed by atoms with Crippen molar-refractivity contribution in [2.75, 3.05) is 6.61 Å². The van der Waals surface area contributed by atoms with E-state index in [1.807, 2.05) is 6.92 Å². The summed E-state index contributed by atoms with van der Waals surface area (Å²) in [4.78, 5) is 0. The van der Waals surface area contributed by atoms with Crippen LogP contribution in [0.5, 0.6) is 5.75 Å². The molecule has 0 saturated heterocycles. The molecule has 0 saturated carbocycles. The monoisotopic (exact) mass is 382 g/mol. The van der Waals surface area contributed by atoms with E-state index in [1.165, 1.54) is 61.6 Å². The van der Waals surface area contributed by atoms with Crippen molar-refractivity contribution in [3.05, 3.63) is 54.1 Å². The van der Waals surface area contributed by atoms with Crippen LogP contribution in [0, 0.1) is 0 Å². The van der Waals surface area contributed by atoms with Gasteiger partial charge in [-0.1, -0.05) is 88.3 Å². The van der Waals surface area contributed by atoms with Crippen LogP contribution in [0.4, 0.5) is 0 Å². The van der Waals surface area contributed by atoms with E-state index < -0.39 is 0 Å². The summed E-state index contributed by atoms with van der Waals surface area (Å²) in [5, 5.41) is 9.40. The SMILES string of the molecule is CCCCCCCCCCOc1ccc(-c2ccc(CCC(C)O)cc2)cc1. The second-order valence-corrected chi connectivity index (χ2v) is 7.93. The molecule has 2 rings (SSSR count). The lowest BCUT2D eigenvalue weighted by molar-refractivity contribution is 0.185. The van der Waals surface area contributed by atoms with Crippen LogP contribution in [-0.4, -0.2) is 17.8 Å². The number of aliphatic hydroxyl groups excluding tert-OH is 1. The highest BCUT2D eigenvalue weighted by atomic mass is 16.5. The Hall–Kier alpha value is -1.80. The molecule has 2 heteroatoms. The predicted molar refractivity (Wildman–Crippen MR) is 120 cm³/mol. The molecule has 0 aliphatic carbocycles. The highest BCUT2D eigenvalue weighted by molar-refractivity contribution is 5.64. The van der Waals surface area contributed by atoms with Gasteiger partial charge in [0.2, 0.25) is 0 Å². The zero-order valence-corrected chi connectivity index (χ0v) is 17.8. The molecule has 0 aromatic heterocycles. The predicted octanol–water partition coefficient (Wildman–Crippen LogP) is 7.19. The summed E-state index contributed by atoms with van der Waals surface area (Å²) in [6, 6.07) is 17.0. The highest BCUT2D eigenvalue weighted by Crippen LogP contribution is 2.23. The number of aliphatic hydroxyl groups is 1. The first-order chi connectivity index (χ1) is 13.7. The minimum absolute atomic E-state index is 0.238. The molecule has 28 heavy (non-hydrogen) atoms. The Kier molecular flexibility index (Phi) is 10.8. The van der Waals surface area contributed by atoms with Crippen molar-refractivity contribution < 1.29 is 9.84 Å². The minimum Gasteiger partial charge on any atom is -0.494 e. The Bertz CT molecular complexity index is 628. The van der Waals surface area contributed by atoms with Crippen molar-refractivity contribution in [1.29, 1.82) is 0 Å². The van der Waals surface area contributed by atoms with Crippen LogP contribution in [0.25, 0.3) is 11.1 Å².